The van der Waals surface area contributed by atoms with E-state index in [0.29, 0.717) is 10.7 Å². The van der Waals surface area contributed by atoms with Crippen LogP contribution >= 0.6 is 11.6 Å². The van der Waals surface area contributed by atoms with Gasteiger partial charge in [-0.1, -0.05) is 66.2 Å². The highest BCUT2D eigenvalue weighted by atomic mass is 35.5. The first-order valence-electron chi connectivity index (χ1n) is 7.72. The zero-order valence-corrected chi connectivity index (χ0v) is 14.1. The fourth-order valence-electron chi connectivity index (χ4n) is 2.25. The second-order valence-electron chi connectivity index (χ2n) is 5.32. The Morgan fingerprint density at radius 3 is 2.16 bits per heavy atom. The first-order chi connectivity index (χ1) is 12.2. The Morgan fingerprint density at radius 2 is 1.48 bits per heavy atom. The summed E-state index contributed by atoms with van der Waals surface area (Å²) >= 11 is 5.80. The van der Waals surface area contributed by atoms with Crippen molar-refractivity contribution < 1.29 is 4.79 Å². The van der Waals surface area contributed by atoms with Crippen molar-refractivity contribution in [3.8, 4) is 11.1 Å². The van der Waals surface area contributed by atoms with E-state index in [4.69, 9.17) is 11.6 Å². The molecule has 124 valence electrons. The monoisotopic (exact) mass is 349 g/mol. The predicted molar refractivity (Wildman–Crippen MR) is 103 cm³/mol. The second-order valence-corrected chi connectivity index (χ2v) is 5.76. The number of hydrogen-bond donors (Lipinski definition) is 2. The van der Waals surface area contributed by atoms with Gasteiger partial charge >= 0.3 is 6.03 Å². The van der Waals surface area contributed by atoms with Gasteiger partial charge in [-0.05, 0) is 41.0 Å². The van der Waals surface area contributed by atoms with Crippen LogP contribution in [0.5, 0.6) is 0 Å². The molecule has 0 heterocycles. The van der Waals surface area contributed by atoms with Crippen molar-refractivity contribution in [2.75, 3.05) is 5.32 Å². The average Bonchev–Trinajstić information content (AvgIpc) is 2.65. The highest BCUT2D eigenvalue weighted by molar-refractivity contribution is 6.30. The van der Waals surface area contributed by atoms with E-state index >= 15 is 0 Å². The van der Waals surface area contributed by atoms with Crippen LogP contribution in [0.2, 0.25) is 5.02 Å². The smallest absolute Gasteiger partial charge is 0.307 e. The van der Waals surface area contributed by atoms with Crippen LogP contribution in [0.4, 0.5) is 10.5 Å². The number of hydrazone groups is 1. The number of nitrogens with zero attached hydrogens (tertiary/aromatic N) is 1. The zero-order chi connectivity index (χ0) is 17.5. The van der Waals surface area contributed by atoms with Crippen LogP contribution in [-0.4, -0.2) is 12.2 Å². The van der Waals surface area contributed by atoms with Crippen molar-refractivity contribution in [1.29, 1.82) is 0 Å². The van der Waals surface area contributed by atoms with Gasteiger partial charge in [0.1, 0.15) is 0 Å². The molecule has 0 aliphatic carbocycles. The summed E-state index contributed by atoms with van der Waals surface area (Å²) in [5.74, 6) is 0. The van der Waals surface area contributed by atoms with Gasteiger partial charge in [-0.15, -0.1) is 0 Å². The molecule has 0 aliphatic heterocycles. The Balaban J connectivity index is 1.55. The molecule has 3 rings (SSSR count). The summed E-state index contributed by atoms with van der Waals surface area (Å²) < 4.78 is 0. The van der Waals surface area contributed by atoms with E-state index in [2.05, 4.69) is 28.0 Å². The number of benzene rings is 3. The van der Waals surface area contributed by atoms with Crippen LogP contribution < -0.4 is 10.7 Å². The highest BCUT2D eigenvalue weighted by Crippen LogP contribution is 2.18. The van der Waals surface area contributed by atoms with Crippen LogP contribution in [0.25, 0.3) is 11.1 Å². The molecule has 0 radical (unpaired) electrons. The number of rotatable bonds is 4. The quantitative estimate of drug-likeness (QED) is 0.496. The largest absolute Gasteiger partial charge is 0.339 e. The minimum Gasteiger partial charge on any atom is -0.307 e. The molecule has 4 nitrogen and oxygen atoms in total. The summed E-state index contributed by atoms with van der Waals surface area (Å²) in [6.45, 7) is 0. The van der Waals surface area contributed by atoms with Gasteiger partial charge in [0.25, 0.3) is 0 Å². The van der Waals surface area contributed by atoms with Gasteiger partial charge in [0.05, 0.1) is 6.21 Å². The molecule has 0 aliphatic rings. The maximum atomic E-state index is 11.8. The maximum absolute atomic E-state index is 11.8. The first kappa shape index (κ1) is 16.7. The van der Waals surface area contributed by atoms with Crippen molar-refractivity contribution in [3.63, 3.8) is 0 Å². The molecule has 0 bridgehead atoms. The van der Waals surface area contributed by atoms with Gasteiger partial charge in [0, 0.05) is 10.7 Å². The van der Waals surface area contributed by atoms with Crippen molar-refractivity contribution in [3.05, 3.63) is 89.4 Å². The minimum absolute atomic E-state index is 0.417. The van der Waals surface area contributed by atoms with E-state index in [1.807, 2.05) is 42.5 Å². The topological polar surface area (TPSA) is 53.5 Å². The van der Waals surface area contributed by atoms with Gasteiger partial charge in [-0.2, -0.15) is 5.10 Å². The molecule has 2 amide bonds. The molecule has 0 unspecified atom stereocenters. The lowest BCUT2D eigenvalue weighted by Gasteiger charge is -2.04. The fourth-order valence-corrected chi connectivity index (χ4v) is 2.38. The molecule has 5 heteroatoms. The molecule has 0 saturated heterocycles. The molecule has 2 N–H and O–H groups in total. The summed E-state index contributed by atoms with van der Waals surface area (Å²) in [7, 11) is 0. The van der Waals surface area contributed by atoms with Gasteiger partial charge in [0.2, 0.25) is 0 Å². The van der Waals surface area contributed by atoms with E-state index in [1.165, 1.54) is 0 Å². The molecule has 0 saturated carbocycles. The van der Waals surface area contributed by atoms with E-state index in [1.54, 1.807) is 30.5 Å². The molecule has 3 aromatic rings. The molecule has 0 spiro atoms. The third kappa shape index (κ3) is 4.93. The molecule has 0 atom stereocenters. The highest BCUT2D eigenvalue weighted by Gasteiger charge is 2.00. The lowest BCUT2D eigenvalue weighted by molar-refractivity contribution is 0.252. The summed E-state index contributed by atoms with van der Waals surface area (Å²) in [6, 6.07) is 24.5. The Hall–Kier alpha value is -3.11. The zero-order valence-electron chi connectivity index (χ0n) is 13.3. The van der Waals surface area contributed by atoms with Gasteiger partial charge in [-0.3, -0.25) is 0 Å². The Labute approximate surface area is 151 Å². The van der Waals surface area contributed by atoms with Crippen LogP contribution in [0.1, 0.15) is 5.56 Å². The Morgan fingerprint density at radius 1 is 0.840 bits per heavy atom. The van der Waals surface area contributed by atoms with Gasteiger partial charge in [0.15, 0.2) is 0 Å². The lowest BCUT2D eigenvalue weighted by atomic mass is 10.0. The summed E-state index contributed by atoms with van der Waals surface area (Å²) in [6.07, 6.45) is 1.59. The number of hydrogen-bond acceptors (Lipinski definition) is 2. The minimum atomic E-state index is -0.417. The van der Waals surface area contributed by atoms with Crippen LogP contribution in [0.3, 0.4) is 0 Å². The number of amides is 2. The van der Waals surface area contributed by atoms with E-state index in [-0.39, 0.29) is 0 Å². The number of halogens is 1. The summed E-state index contributed by atoms with van der Waals surface area (Å²) in [5, 5.41) is 7.22. The maximum Gasteiger partial charge on any atom is 0.339 e. The molecule has 0 aromatic heterocycles. The molecule has 0 fully saturated rings. The Kier molecular flexibility index (Phi) is 5.44. The van der Waals surface area contributed by atoms with Crippen molar-refractivity contribution in [1.82, 2.24) is 5.43 Å². The third-order valence-corrected chi connectivity index (χ3v) is 3.75. The normalized spacial score (nSPS) is 10.6. The number of anilines is 1. The van der Waals surface area contributed by atoms with Gasteiger partial charge in [-0.25, -0.2) is 10.2 Å². The van der Waals surface area contributed by atoms with E-state index < -0.39 is 6.03 Å². The van der Waals surface area contributed by atoms with Crippen molar-refractivity contribution in [2.24, 2.45) is 5.10 Å². The molecule has 3 aromatic carbocycles. The molecule has 25 heavy (non-hydrogen) atoms. The fraction of sp³-hybridized carbons (Fsp3) is 0. The lowest BCUT2D eigenvalue weighted by Crippen LogP contribution is -2.24. The summed E-state index contributed by atoms with van der Waals surface area (Å²) in [5.41, 5.74) is 6.25. The molecular formula is C20H16ClN3O. The number of nitrogens with one attached hydrogen (secondary N) is 2. The van der Waals surface area contributed by atoms with E-state index in [0.717, 1.165) is 16.7 Å². The number of carbonyl (C=O) groups is 1. The standard InChI is InChI=1S/C20H16ClN3O/c21-18-10-12-19(13-11-18)23-20(25)24-22-14-15-6-8-17(9-7-15)16-4-2-1-3-5-16/h1-14H,(H2,23,24,25)/b22-14+. The van der Waals surface area contributed by atoms with Crippen molar-refractivity contribution in [2.45, 2.75) is 0 Å². The number of urea groups is 1. The van der Waals surface area contributed by atoms with Crippen LogP contribution in [0.15, 0.2) is 84.0 Å². The SMILES string of the molecule is O=C(N/N=C/c1ccc(-c2ccccc2)cc1)Nc1ccc(Cl)cc1. The number of carbonyl (C=O) groups excluding carboxylic acids is 1. The van der Waals surface area contributed by atoms with Crippen molar-refractivity contribution >= 4 is 29.5 Å². The van der Waals surface area contributed by atoms with E-state index in [9.17, 15) is 4.79 Å². The predicted octanol–water partition coefficient (Wildman–Crippen LogP) is 5.16. The molecular weight excluding hydrogens is 334 g/mol. The third-order valence-electron chi connectivity index (χ3n) is 3.50. The van der Waals surface area contributed by atoms with Crippen LogP contribution in [0, 0.1) is 0 Å². The first-order valence-corrected chi connectivity index (χ1v) is 8.09. The van der Waals surface area contributed by atoms with Gasteiger partial charge < -0.3 is 5.32 Å². The van der Waals surface area contributed by atoms with Crippen LogP contribution in [-0.2, 0) is 0 Å². The second kappa shape index (κ2) is 8.13. The average molecular weight is 350 g/mol. The Bertz CT molecular complexity index is 860. The summed E-state index contributed by atoms with van der Waals surface area (Å²) in [4.78, 5) is 11.8.